The maximum Gasteiger partial charge on any atom is 0.196 e. The summed E-state index contributed by atoms with van der Waals surface area (Å²) in [5, 5.41) is 0. The summed E-state index contributed by atoms with van der Waals surface area (Å²) in [5.41, 5.74) is 8.16. The minimum atomic E-state index is 0.0682. The number of hydrogen-bond donors (Lipinski definition) is 1. The standard InChI is InChI=1S/C14H12Br2N4/c15-10-5-9(6-18-7-10)13-8-19-14(17)20(13)12-4-2-1-3-11(12)16/h1-7,13H,8H2,(H2,17,19). The highest BCUT2D eigenvalue weighted by Crippen LogP contribution is 2.35. The number of hydrogen-bond acceptors (Lipinski definition) is 4. The van der Waals surface area contributed by atoms with E-state index in [9.17, 15) is 0 Å². The van der Waals surface area contributed by atoms with Crippen molar-refractivity contribution in [2.45, 2.75) is 6.04 Å². The lowest BCUT2D eigenvalue weighted by Crippen LogP contribution is -2.36. The van der Waals surface area contributed by atoms with Gasteiger partial charge in [0.1, 0.15) is 0 Å². The van der Waals surface area contributed by atoms with E-state index in [0.717, 1.165) is 20.2 Å². The zero-order chi connectivity index (χ0) is 14.1. The molecule has 0 fully saturated rings. The molecule has 0 saturated carbocycles. The van der Waals surface area contributed by atoms with Crippen molar-refractivity contribution in [1.82, 2.24) is 4.98 Å². The van der Waals surface area contributed by atoms with Crippen molar-refractivity contribution in [3.8, 4) is 0 Å². The highest BCUT2D eigenvalue weighted by atomic mass is 79.9. The van der Waals surface area contributed by atoms with E-state index in [2.05, 4.69) is 47.9 Å². The Kier molecular flexibility index (Phi) is 3.76. The fourth-order valence-electron chi connectivity index (χ4n) is 2.30. The summed E-state index contributed by atoms with van der Waals surface area (Å²) in [4.78, 5) is 10.6. The van der Waals surface area contributed by atoms with Crippen LogP contribution in [0.1, 0.15) is 11.6 Å². The first-order valence-corrected chi connectivity index (χ1v) is 7.69. The number of guanidine groups is 1. The molecule has 0 amide bonds. The number of benzene rings is 1. The molecule has 2 N–H and O–H groups in total. The minimum Gasteiger partial charge on any atom is -0.369 e. The molecule has 1 aliphatic heterocycles. The number of aliphatic imine (C=N–C) groups is 1. The minimum absolute atomic E-state index is 0.0682. The van der Waals surface area contributed by atoms with Gasteiger partial charge in [0.15, 0.2) is 5.96 Å². The van der Waals surface area contributed by atoms with Gasteiger partial charge in [0.25, 0.3) is 0 Å². The zero-order valence-corrected chi connectivity index (χ0v) is 13.7. The average molecular weight is 396 g/mol. The summed E-state index contributed by atoms with van der Waals surface area (Å²) >= 11 is 7.03. The van der Waals surface area contributed by atoms with Crippen LogP contribution >= 0.6 is 31.9 Å². The van der Waals surface area contributed by atoms with E-state index < -0.39 is 0 Å². The molecule has 0 aliphatic carbocycles. The quantitative estimate of drug-likeness (QED) is 0.846. The van der Waals surface area contributed by atoms with Gasteiger partial charge >= 0.3 is 0 Å². The van der Waals surface area contributed by atoms with Crippen molar-refractivity contribution < 1.29 is 0 Å². The number of anilines is 1. The molecular weight excluding hydrogens is 384 g/mol. The van der Waals surface area contributed by atoms with Crippen molar-refractivity contribution in [2.75, 3.05) is 11.4 Å². The van der Waals surface area contributed by atoms with Crippen LogP contribution in [-0.2, 0) is 0 Å². The smallest absolute Gasteiger partial charge is 0.196 e. The molecule has 20 heavy (non-hydrogen) atoms. The topological polar surface area (TPSA) is 54.5 Å². The molecule has 0 spiro atoms. The van der Waals surface area contributed by atoms with Crippen LogP contribution in [0.5, 0.6) is 0 Å². The van der Waals surface area contributed by atoms with Crippen LogP contribution in [0, 0.1) is 0 Å². The second-order valence-electron chi connectivity index (χ2n) is 4.47. The van der Waals surface area contributed by atoms with Gasteiger partial charge in [0.2, 0.25) is 0 Å². The molecule has 1 aromatic heterocycles. The van der Waals surface area contributed by atoms with Crippen LogP contribution < -0.4 is 10.6 Å². The molecule has 1 aromatic carbocycles. The molecule has 0 saturated heterocycles. The van der Waals surface area contributed by atoms with Gasteiger partial charge in [-0.2, -0.15) is 0 Å². The number of aromatic nitrogens is 1. The second kappa shape index (κ2) is 5.54. The lowest BCUT2D eigenvalue weighted by molar-refractivity contribution is 0.762. The van der Waals surface area contributed by atoms with Crippen LogP contribution in [-0.4, -0.2) is 17.5 Å². The Morgan fingerprint density at radius 1 is 1.20 bits per heavy atom. The molecule has 1 atom stereocenters. The molecule has 0 radical (unpaired) electrons. The van der Waals surface area contributed by atoms with Crippen LogP contribution in [0.15, 0.2) is 56.7 Å². The van der Waals surface area contributed by atoms with Gasteiger partial charge in [0, 0.05) is 21.3 Å². The first-order valence-electron chi connectivity index (χ1n) is 6.11. The Hall–Kier alpha value is -1.40. The summed E-state index contributed by atoms with van der Waals surface area (Å²) < 4.78 is 1.94. The van der Waals surface area contributed by atoms with Crippen LogP contribution in [0.2, 0.25) is 0 Å². The van der Waals surface area contributed by atoms with Crippen molar-refractivity contribution in [2.24, 2.45) is 10.7 Å². The number of pyridine rings is 1. The van der Waals surface area contributed by atoms with Gasteiger partial charge < -0.3 is 10.6 Å². The average Bonchev–Trinajstić information content (AvgIpc) is 2.81. The van der Waals surface area contributed by atoms with Crippen molar-refractivity contribution in [3.05, 3.63) is 57.2 Å². The molecular formula is C14H12Br2N4. The van der Waals surface area contributed by atoms with Crippen LogP contribution in [0.25, 0.3) is 0 Å². The van der Waals surface area contributed by atoms with E-state index in [-0.39, 0.29) is 6.04 Å². The molecule has 102 valence electrons. The van der Waals surface area contributed by atoms with Gasteiger partial charge in [-0.1, -0.05) is 12.1 Å². The predicted octanol–water partition coefficient (Wildman–Crippen LogP) is 3.48. The van der Waals surface area contributed by atoms with E-state index in [1.165, 1.54) is 0 Å². The van der Waals surface area contributed by atoms with E-state index in [1.807, 2.05) is 35.4 Å². The third-order valence-electron chi connectivity index (χ3n) is 3.21. The fraction of sp³-hybridized carbons (Fsp3) is 0.143. The fourth-order valence-corrected chi connectivity index (χ4v) is 3.16. The maximum atomic E-state index is 6.07. The third kappa shape index (κ3) is 2.45. The van der Waals surface area contributed by atoms with E-state index in [0.29, 0.717) is 12.5 Å². The third-order valence-corrected chi connectivity index (χ3v) is 4.31. The Bertz CT molecular complexity index is 672. The van der Waals surface area contributed by atoms with Gasteiger partial charge in [-0.3, -0.25) is 9.98 Å². The molecule has 1 unspecified atom stereocenters. The predicted molar refractivity (Wildman–Crippen MR) is 87.8 cm³/mol. The molecule has 0 bridgehead atoms. The molecule has 1 aliphatic rings. The molecule has 6 heteroatoms. The summed E-state index contributed by atoms with van der Waals surface area (Å²) in [5.74, 6) is 0.530. The number of rotatable bonds is 2. The summed E-state index contributed by atoms with van der Waals surface area (Å²) in [6.45, 7) is 0.630. The largest absolute Gasteiger partial charge is 0.369 e. The van der Waals surface area contributed by atoms with Crippen molar-refractivity contribution >= 4 is 43.5 Å². The monoisotopic (exact) mass is 394 g/mol. The van der Waals surface area contributed by atoms with Gasteiger partial charge in [-0.05, 0) is 55.6 Å². The van der Waals surface area contributed by atoms with E-state index >= 15 is 0 Å². The highest BCUT2D eigenvalue weighted by molar-refractivity contribution is 9.10. The number of halogens is 2. The summed E-state index contributed by atoms with van der Waals surface area (Å²) in [6, 6.07) is 10.1. The Morgan fingerprint density at radius 3 is 2.75 bits per heavy atom. The zero-order valence-electron chi connectivity index (χ0n) is 10.5. The molecule has 2 heterocycles. The van der Waals surface area contributed by atoms with E-state index in [1.54, 1.807) is 6.20 Å². The first-order chi connectivity index (χ1) is 9.66. The SMILES string of the molecule is NC1=NCC(c2cncc(Br)c2)N1c1ccccc1Br. The Morgan fingerprint density at radius 2 is 2.00 bits per heavy atom. The van der Waals surface area contributed by atoms with Gasteiger partial charge in [-0.15, -0.1) is 0 Å². The number of nitrogens with zero attached hydrogens (tertiary/aromatic N) is 3. The molecule has 3 rings (SSSR count). The first kappa shape index (κ1) is 13.6. The van der Waals surface area contributed by atoms with Crippen molar-refractivity contribution in [3.63, 3.8) is 0 Å². The van der Waals surface area contributed by atoms with E-state index in [4.69, 9.17) is 5.73 Å². The van der Waals surface area contributed by atoms with Gasteiger partial charge in [-0.25, -0.2) is 0 Å². The van der Waals surface area contributed by atoms with Gasteiger partial charge in [0.05, 0.1) is 18.3 Å². The maximum absolute atomic E-state index is 6.07. The summed E-state index contributed by atoms with van der Waals surface area (Å²) in [7, 11) is 0. The van der Waals surface area contributed by atoms with Crippen molar-refractivity contribution in [1.29, 1.82) is 0 Å². The van der Waals surface area contributed by atoms with Crippen LogP contribution in [0.4, 0.5) is 5.69 Å². The highest BCUT2D eigenvalue weighted by Gasteiger charge is 2.30. The lowest BCUT2D eigenvalue weighted by atomic mass is 10.1. The second-order valence-corrected chi connectivity index (χ2v) is 6.24. The molecule has 2 aromatic rings. The lowest BCUT2D eigenvalue weighted by Gasteiger charge is -2.27. The summed E-state index contributed by atoms with van der Waals surface area (Å²) in [6.07, 6.45) is 3.62. The molecule has 4 nitrogen and oxygen atoms in total. The Balaban J connectivity index is 2.03. The number of para-hydroxylation sites is 1. The Labute approximate surface area is 134 Å². The number of nitrogens with two attached hydrogens (primary N) is 1. The van der Waals surface area contributed by atoms with Crippen LogP contribution in [0.3, 0.4) is 0 Å². The normalized spacial score (nSPS) is 18.2.